The number of nitrogens with zero attached hydrogens (tertiary/aromatic N) is 2. The Bertz CT molecular complexity index is 985. The van der Waals surface area contributed by atoms with Gasteiger partial charge in [0.25, 0.3) is 5.56 Å². The van der Waals surface area contributed by atoms with E-state index in [2.05, 4.69) is 10.2 Å². The van der Waals surface area contributed by atoms with Gasteiger partial charge in [0.05, 0.1) is 11.1 Å². The van der Waals surface area contributed by atoms with Crippen molar-refractivity contribution in [3.8, 4) is 11.3 Å². The number of hydrogen-bond donors (Lipinski definition) is 1. The van der Waals surface area contributed by atoms with Crippen molar-refractivity contribution in [2.75, 3.05) is 0 Å². The standard InChI is InChI=1S/C17H12FN3O/c18-12-7-5-11(6-8-12)9-21-10-14-16(19-20-17(14)22)13-3-1-2-4-15(13)21/h1-8,10H,9H2,(H,20,22). The number of fused-ring (bicyclic) bond motifs is 3. The molecule has 1 N–H and O–H groups in total. The minimum Gasteiger partial charge on any atom is -0.342 e. The van der Waals surface area contributed by atoms with E-state index in [1.165, 1.54) is 12.1 Å². The van der Waals surface area contributed by atoms with Crippen LogP contribution in [0.1, 0.15) is 5.56 Å². The van der Waals surface area contributed by atoms with Crippen LogP contribution in [0.5, 0.6) is 0 Å². The summed E-state index contributed by atoms with van der Waals surface area (Å²) >= 11 is 0. The van der Waals surface area contributed by atoms with Gasteiger partial charge in [-0.1, -0.05) is 30.3 Å². The molecule has 2 aromatic rings. The Kier molecular flexibility index (Phi) is 2.79. The van der Waals surface area contributed by atoms with E-state index in [4.69, 9.17) is 0 Å². The molecule has 0 radical (unpaired) electrons. The first-order valence-electron chi connectivity index (χ1n) is 6.93. The van der Waals surface area contributed by atoms with Crippen molar-refractivity contribution in [3.63, 3.8) is 0 Å². The summed E-state index contributed by atoms with van der Waals surface area (Å²) in [6.07, 6.45) is 1.80. The fourth-order valence-corrected chi connectivity index (χ4v) is 2.73. The Morgan fingerprint density at radius 1 is 1.09 bits per heavy atom. The molecule has 108 valence electrons. The van der Waals surface area contributed by atoms with Gasteiger partial charge in [0, 0.05) is 18.1 Å². The highest BCUT2D eigenvalue weighted by atomic mass is 19.1. The van der Waals surface area contributed by atoms with E-state index in [0.717, 1.165) is 16.5 Å². The summed E-state index contributed by atoms with van der Waals surface area (Å²) in [4.78, 5) is 11.9. The van der Waals surface area contributed by atoms with Gasteiger partial charge in [-0.15, -0.1) is 0 Å². The molecule has 0 saturated heterocycles. The van der Waals surface area contributed by atoms with Gasteiger partial charge >= 0.3 is 0 Å². The highest BCUT2D eigenvalue weighted by Gasteiger charge is 2.16. The molecule has 0 saturated carbocycles. The average molecular weight is 293 g/mol. The topological polar surface area (TPSA) is 50.7 Å². The molecule has 2 aromatic carbocycles. The Morgan fingerprint density at radius 2 is 1.86 bits per heavy atom. The van der Waals surface area contributed by atoms with Gasteiger partial charge < -0.3 is 4.57 Å². The summed E-state index contributed by atoms with van der Waals surface area (Å²) in [6, 6.07) is 14.2. The van der Waals surface area contributed by atoms with Crippen LogP contribution in [0.4, 0.5) is 4.39 Å². The first-order valence-corrected chi connectivity index (χ1v) is 6.93. The SMILES string of the molecule is O=c1[nH]nc2c3ccccc3n(Cc3ccc(F)cc3)cc1-2. The molecule has 2 aliphatic heterocycles. The van der Waals surface area contributed by atoms with Crippen molar-refractivity contribution in [1.29, 1.82) is 0 Å². The van der Waals surface area contributed by atoms with E-state index in [1.54, 1.807) is 18.3 Å². The second-order valence-corrected chi connectivity index (χ2v) is 5.22. The van der Waals surface area contributed by atoms with Gasteiger partial charge in [0.2, 0.25) is 0 Å². The Morgan fingerprint density at radius 3 is 2.68 bits per heavy atom. The molecule has 2 heterocycles. The maximum Gasteiger partial charge on any atom is 0.275 e. The predicted octanol–water partition coefficient (Wildman–Crippen LogP) is 3.02. The summed E-state index contributed by atoms with van der Waals surface area (Å²) < 4.78 is 15.0. The molecule has 4 rings (SSSR count). The lowest BCUT2D eigenvalue weighted by molar-refractivity contribution is 0.626. The number of pyridine rings is 1. The molecule has 0 spiro atoms. The van der Waals surface area contributed by atoms with Crippen molar-refractivity contribution in [2.24, 2.45) is 0 Å². The molecule has 0 aliphatic carbocycles. The molecule has 5 heteroatoms. The average Bonchev–Trinajstić information content (AvgIpc) is 2.91. The van der Waals surface area contributed by atoms with Gasteiger partial charge in [-0.3, -0.25) is 4.79 Å². The number of rotatable bonds is 2. The van der Waals surface area contributed by atoms with Crippen LogP contribution in [0.15, 0.2) is 59.5 Å². The Balaban J connectivity index is 1.94. The molecular weight excluding hydrogens is 281 g/mol. The van der Waals surface area contributed by atoms with Crippen molar-refractivity contribution in [2.45, 2.75) is 6.54 Å². The third kappa shape index (κ3) is 1.98. The second kappa shape index (κ2) is 4.80. The normalized spacial score (nSPS) is 11.3. The van der Waals surface area contributed by atoms with Crippen LogP contribution in [-0.4, -0.2) is 14.8 Å². The van der Waals surface area contributed by atoms with Crippen LogP contribution >= 0.6 is 0 Å². The third-order valence-corrected chi connectivity index (χ3v) is 3.79. The molecule has 0 unspecified atom stereocenters. The number of H-pyrrole nitrogens is 1. The van der Waals surface area contributed by atoms with Crippen molar-refractivity contribution in [3.05, 3.63) is 76.5 Å². The summed E-state index contributed by atoms with van der Waals surface area (Å²) in [6.45, 7) is 0.557. The fourth-order valence-electron chi connectivity index (χ4n) is 2.73. The lowest BCUT2D eigenvalue weighted by atomic mass is 10.1. The van der Waals surface area contributed by atoms with E-state index in [1.807, 2.05) is 28.8 Å². The summed E-state index contributed by atoms with van der Waals surface area (Å²) in [7, 11) is 0. The first kappa shape index (κ1) is 12.8. The van der Waals surface area contributed by atoms with Crippen molar-refractivity contribution < 1.29 is 4.39 Å². The van der Waals surface area contributed by atoms with Gasteiger partial charge in [0.1, 0.15) is 11.5 Å². The van der Waals surface area contributed by atoms with Crippen LogP contribution < -0.4 is 5.56 Å². The zero-order chi connectivity index (χ0) is 15.1. The van der Waals surface area contributed by atoms with E-state index in [0.29, 0.717) is 17.8 Å². The zero-order valence-electron chi connectivity index (χ0n) is 11.6. The monoisotopic (exact) mass is 293 g/mol. The summed E-state index contributed by atoms with van der Waals surface area (Å²) in [5.41, 5.74) is 2.98. The number of para-hydroxylation sites is 1. The van der Waals surface area contributed by atoms with Crippen LogP contribution in [0.3, 0.4) is 0 Å². The van der Waals surface area contributed by atoms with E-state index in [9.17, 15) is 9.18 Å². The number of hydrogen-bond acceptors (Lipinski definition) is 2. The highest BCUT2D eigenvalue weighted by molar-refractivity contribution is 5.93. The van der Waals surface area contributed by atoms with E-state index >= 15 is 0 Å². The molecule has 0 atom stereocenters. The number of aromatic amines is 1. The maximum atomic E-state index is 13.0. The minimum absolute atomic E-state index is 0.200. The van der Waals surface area contributed by atoms with Gasteiger partial charge in [-0.05, 0) is 23.8 Å². The summed E-state index contributed by atoms with van der Waals surface area (Å²) in [5.74, 6) is -0.259. The molecule has 0 amide bonds. The smallest absolute Gasteiger partial charge is 0.275 e. The molecule has 0 fully saturated rings. The highest BCUT2D eigenvalue weighted by Crippen LogP contribution is 2.27. The first-order chi connectivity index (χ1) is 10.7. The fraction of sp³-hybridized carbons (Fsp3) is 0.0588. The van der Waals surface area contributed by atoms with E-state index < -0.39 is 0 Å². The van der Waals surface area contributed by atoms with Crippen LogP contribution in [0, 0.1) is 5.82 Å². The molecular formula is C17H12FN3O. The maximum absolute atomic E-state index is 13.0. The molecule has 4 nitrogen and oxygen atoms in total. The minimum atomic E-state index is -0.259. The van der Waals surface area contributed by atoms with Gasteiger partial charge in [0.15, 0.2) is 0 Å². The predicted molar refractivity (Wildman–Crippen MR) is 82.5 cm³/mol. The van der Waals surface area contributed by atoms with Crippen molar-refractivity contribution in [1.82, 2.24) is 14.8 Å². The Hall–Kier alpha value is -2.95. The molecule has 2 aliphatic rings. The quantitative estimate of drug-likeness (QED) is 0.617. The van der Waals surface area contributed by atoms with Gasteiger partial charge in [-0.25, -0.2) is 9.49 Å². The Labute approximate surface area is 125 Å². The zero-order valence-corrected chi connectivity index (χ0v) is 11.6. The second-order valence-electron chi connectivity index (χ2n) is 5.22. The number of nitrogens with one attached hydrogen (secondary N) is 1. The van der Waals surface area contributed by atoms with Crippen LogP contribution in [-0.2, 0) is 6.54 Å². The van der Waals surface area contributed by atoms with Crippen LogP contribution in [0.25, 0.3) is 22.2 Å². The number of halogens is 1. The number of benzene rings is 2. The number of aromatic nitrogens is 3. The lowest BCUT2D eigenvalue weighted by Gasteiger charge is -2.13. The molecule has 0 aromatic heterocycles. The van der Waals surface area contributed by atoms with Crippen molar-refractivity contribution >= 4 is 10.9 Å². The summed E-state index contributed by atoms with van der Waals surface area (Å²) in [5, 5.41) is 7.52. The van der Waals surface area contributed by atoms with E-state index in [-0.39, 0.29) is 11.4 Å². The molecule has 0 bridgehead atoms. The third-order valence-electron chi connectivity index (χ3n) is 3.79. The van der Waals surface area contributed by atoms with Crippen LogP contribution in [0.2, 0.25) is 0 Å². The molecule has 22 heavy (non-hydrogen) atoms. The van der Waals surface area contributed by atoms with Gasteiger partial charge in [-0.2, -0.15) is 5.10 Å². The lowest BCUT2D eigenvalue weighted by Crippen LogP contribution is -2.07. The largest absolute Gasteiger partial charge is 0.342 e.